The minimum Gasteiger partial charge on any atom is -0.299 e. The van der Waals surface area contributed by atoms with Gasteiger partial charge in [0.25, 0.3) is 0 Å². The summed E-state index contributed by atoms with van der Waals surface area (Å²) in [5, 5.41) is 1.05. The van der Waals surface area contributed by atoms with Gasteiger partial charge in [0.1, 0.15) is 5.78 Å². The van der Waals surface area contributed by atoms with Crippen LogP contribution in [0.2, 0.25) is 10.0 Å². The van der Waals surface area contributed by atoms with Crippen molar-refractivity contribution in [1.29, 1.82) is 0 Å². The molecule has 1 aromatic carbocycles. The fourth-order valence-corrected chi connectivity index (χ4v) is 3.69. The molecule has 116 valence electrons. The van der Waals surface area contributed by atoms with Crippen LogP contribution in [0, 0.1) is 17.3 Å². The van der Waals surface area contributed by atoms with E-state index in [1.807, 2.05) is 12.1 Å². The van der Waals surface area contributed by atoms with E-state index >= 15 is 0 Å². The monoisotopic (exact) mass is 326 g/mol. The lowest BCUT2D eigenvalue weighted by molar-refractivity contribution is -0.123. The predicted octanol–water partition coefficient (Wildman–Crippen LogP) is 5.96. The molecule has 3 heteroatoms. The van der Waals surface area contributed by atoms with Gasteiger partial charge in [-0.1, -0.05) is 56.1 Å². The van der Waals surface area contributed by atoms with Crippen LogP contribution >= 0.6 is 23.2 Å². The Balaban J connectivity index is 1.95. The summed E-state index contributed by atoms with van der Waals surface area (Å²) in [5.74, 6) is 1.24. The number of halogens is 2. The van der Waals surface area contributed by atoms with Crippen molar-refractivity contribution in [3.8, 4) is 0 Å². The molecule has 1 aromatic rings. The molecule has 0 atom stereocenters. The molecule has 1 aliphatic carbocycles. The first-order chi connectivity index (χ1) is 9.79. The maximum absolute atomic E-state index is 12.5. The van der Waals surface area contributed by atoms with E-state index in [0.29, 0.717) is 27.7 Å². The van der Waals surface area contributed by atoms with Gasteiger partial charge in [-0.25, -0.2) is 0 Å². The summed E-state index contributed by atoms with van der Waals surface area (Å²) < 4.78 is 0. The Morgan fingerprint density at radius 3 is 2.33 bits per heavy atom. The van der Waals surface area contributed by atoms with Crippen molar-refractivity contribution in [2.24, 2.45) is 17.3 Å². The highest BCUT2D eigenvalue weighted by molar-refractivity contribution is 6.42. The molecule has 0 heterocycles. The lowest BCUT2D eigenvalue weighted by atomic mass is 9.69. The molecule has 1 saturated carbocycles. The van der Waals surface area contributed by atoms with Crippen molar-refractivity contribution in [3.63, 3.8) is 0 Å². The van der Waals surface area contributed by atoms with Crippen molar-refractivity contribution < 1.29 is 4.79 Å². The van der Waals surface area contributed by atoms with E-state index in [0.717, 1.165) is 37.2 Å². The van der Waals surface area contributed by atoms with E-state index in [1.165, 1.54) is 0 Å². The van der Waals surface area contributed by atoms with E-state index in [-0.39, 0.29) is 5.92 Å². The maximum atomic E-state index is 12.5. The first-order valence-corrected chi connectivity index (χ1v) is 8.50. The number of rotatable bonds is 3. The molecule has 21 heavy (non-hydrogen) atoms. The lowest BCUT2D eigenvalue weighted by Crippen LogP contribution is -2.29. The quantitative estimate of drug-likeness (QED) is 0.669. The maximum Gasteiger partial charge on any atom is 0.140 e. The molecule has 0 N–H and O–H groups in total. The zero-order valence-electron chi connectivity index (χ0n) is 13.1. The largest absolute Gasteiger partial charge is 0.299 e. The Labute approximate surface area is 138 Å². The van der Waals surface area contributed by atoms with Gasteiger partial charge in [-0.05, 0) is 48.6 Å². The highest BCUT2D eigenvalue weighted by atomic mass is 35.5. The lowest BCUT2D eigenvalue weighted by Gasteiger charge is -2.36. The van der Waals surface area contributed by atoms with Gasteiger partial charge in [-0.2, -0.15) is 0 Å². The first kappa shape index (κ1) is 16.8. The van der Waals surface area contributed by atoms with E-state index in [2.05, 4.69) is 20.8 Å². The Kier molecular flexibility index (Phi) is 5.38. The molecule has 0 spiro atoms. The molecule has 0 radical (unpaired) electrons. The van der Waals surface area contributed by atoms with Crippen LogP contribution in [-0.2, 0) is 11.2 Å². The summed E-state index contributed by atoms with van der Waals surface area (Å²) in [7, 11) is 0. The smallest absolute Gasteiger partial charge is 0.140 e. The predicted molar refractivity (Wildman–Crippen MR) is 90.1 cm³/mol. The van der Waals surface area contributed by atoms with E-state index in [1.54, 1.807) is 6.07 Å². The van der Waals surface area contributed by atoms with Crippen LogP contribution in [0.5, 0.6) is 0 Å². The highest BCUT2D eigenvalue weighted by Gasteiger charge is 2.32. The van der Waals surface area contributed by atoms with Gasteiger partial charge < -0.3 is 0 Å². The molecule has 1 aliphatic rings. The summed E-state index contributed by atoms with van der Waals surface area (Å²) in [6.07, 6.45) is 4.74. The average molecular weight is 327 g/mol. The Bertz CT molecular complexity index is 508. The van der Waals surface area contributed by atoms with Crippen molar-refractivity contribution in [2.45, 2.75) is 52.9 Å². The number of carbonyl (C=O) groups is 1. The third-order valence-electron chi connectivity index (χ3n) is 4.80. The number of carbonyl (C=O) groups excluding carboxylic acids is 1. The molecule has 0 aromatic heterocycles. The van der Waals surface area contributed by atoms with Crippen LogP contribution in [0.15, 0.2) is 18.2 Å². The Morgan fingerprint density at radius 1 is 1.14 bits per heavy atom. The SMILES string of the molecule is CC(C)(C)C1CCC(C(=O)Cc2cccc(Cl)c2Cl)CC1. The Hall–Kier alpha value is -0.530. The second kappa shape index (κ2) is 6.71. The molecular formula is C18H24Cl2O. The third-order valence-corrected chi connectivity index (χ3v) is 5.66. The van der Waals surface area contributed by atoms with Gasteiger partial charge in [0.05, 0.1) is 10.0 Å². The highest BCUT2D eigenvalue weighted by Crippen LogP contribution is 2.40. The zero-order valence-corrected chi connectivity index (χ0v) is 14.6. The Morgan fingerprint density at radius 2 is 1.76 bits per heavy atom. The van der Waals surface area contributed by atoms with Crippen LogP contribution in [-0.4, -0.2) is 5.78 Å². The number of hydrogen-bond acceptors (Lipinski definition) is 1. The second-order valence-electron chi connectivity index (χ2n) is 7.27. The standard InChI is InChI=1S/C18H24Cl2O/c1-18(2,3)14-9-7-12(8-10-14)16(21)11-13-5-4-6-15(19)17(13)20/h4-6,12,14H,7-11H2,1-3H3. The number of benzene rings is 1. The van der Waals surface area contributed by atoms with Crippen molar-refractivity contribution in [1.82, 2.24) is 0 Å². The number of ketones is 1. The topological polar surface area (TPSA) is 17.1 Å². The van der Waals surface area contributed by atoms with Crippen LogP contribution in [0.1, 0.15) is 52.0 Å². The summed E-state index contributed by atoms with van der Waals surface area (Å²) in [6, 6.07) is 5.51. The number of Topliss-reactive ketones (excluding diaryl/α,β-unsaturated/α-hetero) is 1. The summed E-state index contributed by atoms with van der Waals surface area (Å²) in [5.41, 5.74) is 1.21. The van der Waals surface area contributed by atoms with Gasteiger partial charge in [-0.3, -0.25) is 4.79 Å². The number of hydrogen-bond donors (Lipinski definition) is 0. The molecule has 2 rings (SSSR count). The van der Waals surface area contributed by atoms with Gasteiger partial charge in [0, 0.05) is 12.3 Å². The molecule has 0 amide bonds. The molecule has 1 nitrogen and oxygen atoms in total. The normalized spacial score (nSPS) is 23.1. The zero-order chi connectivity index (χ0) is 15.6. The van der Waals surface area contributed by atoms with Gasteiger partial charge >= 0.3 is 0 Å². The summed E-state index contributed by atoms with van der Waals surface area (Å²) in [6.45, 7) is 6.89. The van der Waals surface area contributed by atoms with Crippen LogP contribution in [0.3, 0.4) is 0 Å². The van der Waals surface area contributed by atoms with Gasteiger partial charge in [0.15, 0.2) is 0 Å². The third kappa shape index (κ3) is 4.23. The average Bonchev–Trinajstić information content (AvgIpc) is 2.43. The first-order valence-electron chi connectivity index (χ1n) is 7.74. The molecule has 0 unspecified atom stereocenters. The molecule has 0 bridgehead atoms. The van der Waals surface area contributed by atoms with E-state index in [9.17, 15) is 4.79 Å². The van der Waals surface area contributed by atoms with Crippen LogP contribution in [0.25, 0.3) is 0 Å². The second-order valence-corrected chi connectivity index (χ2v) is 8.06. The fourth-order valence-electron chi connectivity index (χ4n) is 3.30. The van der Waals surface area contributed by atoms with Crippen molar-refractivity contribution in [2.75, 3.05) is 0 Å². The molecule has 1 fully saturated rings. The minimum atomic E-state index is 0.193. The van der Waals surface area contributed by atoms with Crippen LogP contribution < -0.4 is 0 Å². The molecular weight excluding hydrogens is 303 g/mol. The molecule has 0 aliphatic heterocycles. The summed E-state index contributed by atoms with van der Waals surface area (Å²) >= 11 is 12.2. The van der Waals surface area contributed by atoms with E-state index in [4.69, 9.17) is 23.2 Å². The summed E-state index contributed by atoms with van der Waals surface area (Å²) in [4.78, 5) is 12.5. The molecule has 0 saturated heterocycles. The fraction of sp³-hybridized carbons (Fsp3) is 0.611. The van der Waals surface area contributed by atoms with Crippen molar-refractivity contribution >= 4 is 29.0 Å². The van der Waals surface area contributed by atoms with Crippen LogP contribution in [0.4, 0.5) is 0 Å². The van der Waals surface area contributed by atoms with Gasteiger partial charge in [0.2, 0.25) is 0 Å². The van der Waals surface area contributed by atoms with Gasteiger partial charge in [-0.15, -0.1) is 0 Å². The minimum absolute atomic E-state index is 0.193. The van der Waals surface area contributed by atoms with E-state index < -0.39 is 0 Å². The van der Waals surface area contributed by atoms with Crippen molar-refractivity contribution in [3.05, 3.63) is 33.8 Å².